The van der Waals surface area contributed by atoms with Gasteiger partial charge in [0, 0.05) is 13.0 Å². The third-order valence-electron chi connectivity index (χ3n) is 7.11. The summed E-state index contributed by atoms with van der Waals surface area (Å²) in [6, 6.07) is 0. The number of aliphatic hydroxyl groups is 2. The average molecular weight is 649 g/mol. The molecule has 9 nitrogen and oxygen atoms in total. The van der Waals surface area contributed by atoms with Crippen LogP contribution < -0.4 is 0 Å². The predicted octanol–water partition coefficient (Wildman–Crippen LogP) is 8.36. The summed E-state index contributed by atoms with van der Waals surface area (Å²) in [5.41, 5.74) is 0. The Morgan fingerprint density at radius 3 is 1.70 bits per heavy atom. The fraction of sp³-hybridized carbons (Fsp3) is 0.853. The van der Waals surface area contributed by atoms with E-state index in [1.54, 1.807) is 0 Å². The molecule has 0 spiro atoms. The minimum absolute atomic E-state index is 0.0428. The number of allylic oxidation sites excluding steroid dienone is 4. The Labute approximate surface area is 268 Å². The third kappa shape index (κ3) is 30.9. The highest BCUT2D eigenvalue weighted by Crippen LogP contribution is 2.43. The van der Waals surface area contributed by atoms with Crippen LogP contribution in [0.15, 0.2) is 24.3 Å². The maximum atomic E-state index is 12.5. The predicted molar refractivity (Wildman–Crippen MR) is 177 cm³/mol. The lowest BCUT2D eigenvalue weighted by Crippen LogP contribution is -2.29. The van der Waals surface area contributed by atoms with Crippen LogP contribution >= 0.6 is 7.82 Å². The highest BCUT2D eigenvalue weighted by molar-refractivity contribution is 7.47. The zero-order valence-electron chi connectivity index (χ0n) is 27.9. The number of carbonyl (C=O) groups excluding carboxylic acids is 1. The number of esters is 1. The van der Waals surface area contributed by atoms with E-state index in [1.807, 2.05) is 0 Å². The standard InChI is InChI=1S/C34H65O9P/c1-3-5-7-9-11-13-15-17-19-21-23-25-27-40-30-33(31-42-44(38,39)41-29-32(36)28-35)43-34(37)26-24-22-20-18-16-14-12-10-8-6-4-2/h9-12,32-33,35-36H,3-8,13-31H2,1-2H3,(H,38,39)/b11-9-,12-10-. The van der Waals surface area contributed by atoms with Crippen LogP contribution in [-0.4, -0.2) is 66.3 Å². The molecule has 0 fully saturated rings. The Morgan fingerprint density at radius 1 is 0.682 bits per heavy atom. The molecule has 0 rings (SSSR count). The van der Waals surface area contributed by atoms with Crippen molar-refractivity contribution >= 4 is 13.8 Å². The van der Waals surface area contributed by atoms with Crippen molar-refractivity contribution in [2.75, 3.05) is 33.0 Å². The second kappa shape index (κ2) is 31.9. The summed E-state index contributed by atoms with van der Waals surface area (Å²) in [6.07, 6.45) is 28.5. The molecule has 0 saturated carbocycles. The fourth-order valence-electron chi connectivity index (χ4n) is 4.37. The zero-order chi connectivity index (χ0) is 32.6. The van der Waals surface area contributed by atoms with Gasteiger partial charge in [-0.3, -0.25) is 13.8 Å². The van der Waals surface area contributed by atoms with Crippen molar-refractivity contribution in [1.82, 2.24) is 0 Å². The Bertz CT molecular complexity index is 744. The number of phosphoric ester groups is 1. The molecule has 0 aromatic carbocycles. The van der Waals surface area contributed by atoms with Crippen LogP contribution in [0.25, 0.3) is 0 Å². The van der Waals surface area contributed by atoms with E-state index < -0.39 is 39.2 Å². The van der Waals surface area contributed by atoms with Gasteiger partial charge in [0.15, 0.2) is 0 Å². The maximum Gasteiger partial charge on any atom is 0.472 e. The van der Waals surface area contributed by atoms with Gasteiger partial charge in [-0.05, 0) is 51.4 Å². The summed E-state index contributed by atoms with van der Waals surface area (Å²) in [5, 5.41) is 18.2. The van der Waals surface area contributed by atoms with Gasteiger partial charge in [0.1, 0.15) is 12.2 Å². The second-order valence-corrected chi connectivity index (χ2v) is 13.0. The van der Waals surface area contributed by atoms with Gasteiger partial charge in [-0.25, -0.2) is 4.57 Å². The van der Waals surface area contributed by atoms with Crippen molar-refractivity contribution in [1.29, 1.82) is 0 Å². The van der Waals surface area contributed by atoms with Crippen molar-refractivity contribution in [2.45, 2.75) is 154 Å². The SMILES string of the molecule is CCCC/C=C\CCCCCCCCOCC(COP(=O)(O)OCC(O)CO)OC(=O)CCCCCCC/C=C\CCCC. The molecule has 3 atom stereocenters. The number of rotatable bonds is 33. The number of unbranched alkanes of at least 4 members (excludes halogenated alkanes) is 15. The van der Waals surface area contributed by atoms with E-state index in [2.05, 4.69) is 38.2 Å². The first-order valence-electron chi connectivity index (χ1n) is 17.3. The minimum Gasteiger partial charge on any atom is -0.457 e. The highest BCUT2D eigenvalue weighted by Gasteiger charge is 2.26. The summed E-state index contributed by atoms with van der Waals surface area (Å²) in [6.45, 7) is 3.40. The summed E-state index contributed by atoms with van der Waals surface area (Å²) < 4.78 is 33.1. The van der Waals surface area contributed by atoms with Gasteiger partial charge in [0.25, 0.3) is 0 Å². The van der Waals surface area contributed by atoms with Crippen LogP contribution in [0.5, 0.6) is 0 Å². The molecule has 44 heavy (non-hydrogen) atoms. The first-order valence-corrected chi connectivity index (χ1v) is 18.8. The Balaban J connectivity index is 4.30. The van der Waals surface area contributed by atoms with Crippen LogP contribution in [0.1, 0.15) is 142 Å². The highest BCUT2D eigenvalue weighted by atomic mass is 31.2. The van der Waals surface area contributed by atoms with Crippen molar-refractivity contribution in [2.24, 2.45) is 0 Å². The van der Waals surface area contributed by atoms with Crippen molar-refractivity contribution in [3.63, 3.8) is 0 Å². The number of aliphatic hydroxyl groups excluding tert-OH is 2. The van der Waals surface area contributed by atoms with Crippen LogP contribution in [0.4, 0.5) is 0 Å². The molecule has 0 radical (unpaired) electrons. The van der Waals surface area contributed by atoms with Gasteiger partial charge in [0.2, 0.25) is 0 Å². The van der Waals surface area contributed by atoms with Crippen LogP contribution in [0.3, 0.4) is 0 Å². The molecule has 3 unspecified atom stereocenters. The monoisotopic (exact) mass is 648 g/mol. The van der Waals surface area contributed by atoms with Crippen LogP contribution in [0.2, 0.25) is 0 Å². The first kappa shape index (κ1) is 42.9. The van der Waals surface area contributed by atoms with Gasteiger partial charge >= 0.3 is 13.8 Å². The largest absolute Gasteiger partial charge is 0.472 e. The lowest BCUT2D eigenvalue weighted by molar-refractivity contribution is -0.154. The summed E-state index contributed by atoms with van der Waals surface area (Å²) >= 11 is 0. The van der Waals surface area contributed by atoms with Gasteiger partial charge in [0.05, 0.1) is 26.4 Å². The third-order valence-corrected chi connectivity index (χ3v) is 8.06. The minimum atomic E-state index is -4.51. The number of phosphoric acid groups is 1. The van der Waals surface area contributed by atoms with Crippen molar-refractivity contribution in [3.8, 4) is 0 Å². The summed E-state index contributed by atoms with van der Waals surface area (Å²) in [5.74, 6) is -0.398. The van der Waals surface area contributed by atoms with E-state index in [9.17, 15) is 19.4 Å². The molecule has 10 heteroatoms. The second-order valence-electron chi connectivity index (χ2n) is 11.5. The molecule has 0 bridgehead atoms. The van der Waals surface area contributed by atoms with E-state index in [0.717, 1.165) is 70.6 Å². The lowest BCUT2D eigenvalue weighted by atomic mass is 10.1. The summed E-state index contributed by atoms with van der Waals surface area (Å²) in [4.78, 5) is 22.4. The average Bonchev–Trinajstić information content (AvgIpc) is 3.01. The maximum absolute atomic E-state index is 12.5. The van der Waals surface area contributed by atoms with Gasteiger partial charge in [-0.1, -0.05) is 109 Å². The molecule has 0 aromatic heterocycles. The van der Waals surface area contributed by atoms with E-state index in [1.165, 1.54) is 51.4 Å². The zero-order valence-corrected chi connectivity index (χ0v) is 28.8. The van der Waals surface area contributed by atoms with E-state index in [0.29, 0.717) is 6.61 Å². The number of hydrogen-bond donors (Lipinski definition) is 3. The first-order chi connectivity index (χ1) is 21.3. The lowest BCUT2D eigenvalue weighted by Gasteiger charge is -2.20. The van der Waals surface area contributed by atoms with E-state index in [4.69, 9.17) is 23.6 Å². The van der Waals surface area contributed by atoms with Gasteiger partial charge in [-0.15, -0.1) is 0 Å². The Kier molecular flexibility index (Phi) is 31.1. The molecule has 0 aliphatic heterocycles. The number of ether oxygens (including phenoxy) is 2. The molecule has 0 amide bonds. The molecular weight excluding hydrogens is 583 g/mol. The van der Waals surface area contributed by atoms with Crippen molar-refractivity contribution < 1.29 is 43.0 Å². The molecule has 0 aliphatic rings. The van der Waals surface area contributed by atoms with E-state index >= 15 is 0 Å². The Morgan fingerprint density at radius 2 is 1.16 bits per heavy atom. The molecule has 0 aromatic rings. The smallest absolute Gasteiger partial charge is 0.457 e. The normalized spacial score (nSPS) is 14.8. The van der Waals surface area contributed by atoms with Gasteiger partial charge in [-0.2, -0.15) is 0 Å². The fourth-order valence-corrected chi connectivity index (χ4v) is 5.16. The molecule has 260 valence electrons. The topological polar surface area (TPSA) is 132 Å². The van der Waals surface area contributed by atoms with Crippen LogP contribution in [0, 0.1) is 0 Å². The molecule has 0 saturated heterocycles. The van der Waals surface area contributed by atoms with Crippen molar-refractivity contribution in [3.05, 3.63) is 24.3 Å². The number of hydrogen-bond acceptors (Lipinski definition) is 8. The van der Waals surface area contributed by atoms with Gasteiger partial charge < -0.3 is 24.6 Å². The quantitative estimate of drug-likeness (QED) is 0.0278. The van der Waals surface area contributed by atoms with E-state index in [-0.39, 0.29) is 19.6 Å². The number of carbonyl (C=O) groups is 1. The summed E-state index contributed by atoms with van der Waals surface area (Å²) in [7, 11) is -4.51. The molecule has 0 aliphatic carbocycles. The molecular formula is C34H65O9P. The Hall–Kier alpha value is -1.06. The van der Waals surface area contributed by atoms with Crippen LogP contribution in [-0.2, 0) is 27.9 Å². The molecule has 0 heterocycles. The molecule has 3 N–H and O–H groups in total.